The van der Waals surface area contributed by atoms with Crippen molar-refractivity contribution in [1.29, 1.82) is 5.26 Å². The molecule has 3 aromatic carbocycles. The van der Waals surface area contributed by atoms with Crippen molar-refractivity contribution in [1.82, 2.24) is 0 Å². The van der Waals surface area contributed by atoms with E-state index in [9.17, 15) is 24.6 Å². The average Bonchev–Trinajstić information content (AvgIpc) is 2.78. The van der Waals surface area contributed by atoms with Gasteiger partial charge in [-0.25, -0.2) is 4.39 Å². The van der Waals surface area contributed by atoms with Gasteiger partial charge in [-0.1, -0.05) is 6.07 Å². The Morgan fingerprint density at radius 3 is 2.44 bits per heavy atom. The van der Waals surface area contributed by atoms with E-state index in [-0.39, 0.29) is 17.9 Å². The third kappa shape index (κ3) is 6.00. The van der Waals surface area contributed by atoms with Gasteiger partial charge in [0.1, 0.15) is 29.8 Å². The number of benzene rings is 3. The fourth-order valence-corrected chi connectivity index (χ4v) is 3.16. The van der Waals surface area contributed by atoms with Crippen molar-refractivity contribution in [2.24, 2.45) is 0 Å². The number of nitriles is 1. The Morgan fingerprint density at radius 2 is 1.84 bits per heavy atom. The van der Waals surface area contributed by atoms with E-state index in [0.29, 0.717) is 21.5 Å². The monoisotopic (exact) mass is 495 g/mol. The summed E-state index contributed by atoms with van der Waals surface area (Å²) in [5, 5.41) is 22.6. The second-order valence-electron chi connectivity index (χ2n) is 6.53. The van der Waals surface area contributed by atoms with Crippen LogP contribution < -0.4 is 10.1 Å². The first kappa shape index (κ1) is 22.7. The minimum Gasteiger partial charge on any atom is -0.488 e. The Morgan fingerprint density at radius 1 is 1.16 bits per heavy atom. The number of nitrogens with zero attached hydrogens (tertiary/aromatic N) is 2. The molecule has 3 rings (SSSR count). The van der Waals surface area contributed by atoms with E-state index in [1.807, 2.05) is 6.07 Å². The van der Waals surface area contributed by atoms with Crippen LogP contribution in [0.1, 0.15) is 11.1 Å². The van der Waals surface area contributed by atoms with Crippen molar-refractivity contribution in [2.45, 2.75) is 6.61 Å². The van der Waals surface area contributed by atoms with Gasteiger partial charge < -0.3 is 10.1 Å². The zero-order valence-electron chi connectivity index (χ0n) is 16.4. The number of ether oxygens (including phenoxy) is 1. The zero-order valence-corrected chi connectivity index (χ0v) is 18.0. The first-order valence-corrected chi connectivity index (χ1v) is 9.99. The first-order chi connectivity index (χ1) is 15.4. The lowest BCUT2D eigenvalue weighted by Crippen LogP contribution is -2.13. The number of carbonyl (C=O) groups excluding carboxylic acids is 1. The van der Waals surface area contributed by atoms with Crippen LogP contribution in [0.5, 0.6) is 5.75 Å². The van der Waals surface area contributed by atoms with E-state index in [1.54, 1.807) is 30.3 Å². The summed E-state index contributed by atoms with van der Waals surface area (Å²) in [6, 6.07) is 18.1. The summed E-state index contributed by atoms with van der Waals surface area (Å²) in [7, 11) is 0. The van der Waals surface area contributed by atoms with Gasteiger partial charge in [0.25, 0.3) is 11.6 Å². The second-order valence-corrected chi connectivity index (χ2v) is 7.39. The third-order valence-corrected chi connectivity index (χ3v) is 4.90. The lowest BCUT2D eigenvalue weighted by molar-refractivity contribution is -0.384. The Balaban J connectivity index is 1.67. The van der Waals surface area contributed by atoms with Crippen molar-refractivity contribution < 1.29 is 18.8 Å². The highest BCUT2D eigenvalue weighted by Crippen LogP contribution is 2.28. The number of nitrogens with one attached hydrogen (secondary N) is 1. The van der Waals surface area contributed by atoms with Crippen LogP contribution in [0.15, 0.2) is 76.8 Å². The van der Waals surface area contributed by atoms with E-state index in [0.717, 1.165) is 5.56 Å². The molecule has 0 spiro atoms. The third-order valence-electron chi connectivity index (χ3n) is 4.28. The highest BCUT2D eigenvalue weighted by molar-refractivity contribution is 9.10. The number of non-ortho nitro benzene ring substituents is 1. The van der Waals surface area contributed by atoms with Gasteiger partial charge in [0.05, 0.1) is 9.40 Å². The molecule has 0 saturated carbocycles. The molecule has 0 aliphatic heterocycles. The Labute approximate surface area is 191 Å². The number of nitro benzene ring substituents is 1. The molecule has 0 atom stereocenters. The van der Waals surface area contributed by atoms with Gasteiger partial charge in [0, 0.05) is 17.8 Å². The smallest absolute Gasteiger partial charge is 0.269 e. The summed E-state index contributed by atoms with van der Waals surface area (Å²) >= 11 is 3.40. The topological polar surface area (TPSA) is 105 Å². The molecule has 0 aliphatic rings. The molecule has 0 unspecified atom stereocenters. The number of hydrogen-bond acceptors (Lipinski definition) is 5. The SMILES string of the molecule is N#C/C(=C\c1ccc(OCc2ccc([N+](=O)[O-])cc2)c(Br)c1)C(=O)Nc1ccc(F)cc1. The fourth-order valence-electron chi connectivity index (χ4n) is 2.65. The number of anilines is 1. The minimum atomic E-state index is -0.617. The van der Waals surface area contributed by atoms with E-state index in [2.05, 4.69) is 21.2 Å². The molecule has 7 nitrogen and oxygen atoms in total. The standard InChI is InChI=1S/C23H15BrFN3O4/c24-21-12-16(11-17(13-26)23(29)27-19-6-4-18(25)5-7-19)3-10-22(21)32-14-15-1-8-20(9-2-15)28(30)31/h1-12H,14H2,(H,27,29)/b17-11+. The maximum absolute atomic E-state index is 13.0. The van der Waals surface area contributed by atoms with Gasteiger partial charge in [0.15, 0.2) is 0 Å². The zero-order chi connectivity index (χ0) is 23.1. The number of amides is 1. The molecule has 160 valence electrons. The van der Waals surface area contributed by atoms with Crippen molar-refractivity contribution in [2.75, 3.05) is 5.32 Å². The molecule has 3 aromatic rings. The summed E-state index contributed by atoms with van der Waals surface area (Å²) in [4.78, 5) is 22.6. The van der Waals surface area contributed by atoms with Gasteiger partial charge in [-0.3, -0.25) is 14.9 Å². The molecule has 0 heterocycles. The van der Waals surface area contributed by atoms with Crippen LogP contribution in [-0.2, 0) is 11.4 Å². The van der Waals surface area contributed by atoms with Gasteiger partial charge in [-0.15, -0.1) is 0 Å². The van der Waals surface area contributed by atoms with Crippen molar-refractivity contribution in [3.63, 3.8) is 0 Å². The van der Waals surface area contributed by atoms with E-state index in [1.165, 1.54) is 42.5 Å². The molecule has 1 amide bonds. The summed E-state index contributed by atoms with van der Waals surface area (Å²) in [6.07, 6.45) is 1.42. The molecule has 0 bridgehead atoms. The minimum absolute atomic E-state index is 0.00262. The van der Waals surface area contributed by atoms with E-state index < -0.39 is 16.6 Å². The molecule has 0 fully saturated rings. The molecular formula is C23H15BrFN3O4. The van der Waals surface area contributed by atoms with Crippen LogP contribution in [0.2, 0.25) is 0 Å². The molecule has 32 heavy (non-hydrogen) atoms. The average molecular weight is 496 g/mol. The summed E-state index contributed by atoms with van der Waals surface area (Å²) in [6.45, 7) is 0.204. The second kappa shape index (κ2) is 10.3. The highest BCUT2D eigenvalue weighted by Gasteiger charge is 2.11. The largest absolute Gasteiger partial charge is 0.488 e. The van der Waals surface area contributed by atoms with Gasteiger partial charge in [-0.05, 0) is 81.7 Å². The quantitative estimate of drug-likeness (QED) is 0.198. The molecule has 0 radical (unpaired) electrons. The van der Waals surface area contributed by atoms with Crippen LogP contribution in [0.25, 0.3) is 6.08 Å². The number of hydrogen-bond donors (Lipinski definition) is 1. The predicted molar refractivity (Wildman–Crippen MR) is 120 cm³/mol. The van der Waals surface area contributed by atoms with Crippen molar-refractivity contribution in [3.05, 3.63) is 104 Å². The predicted octanol–water partition coefficient (Wildman–Crippen LogP) is 5.62. The Hall–Kier alpha value is -4.03. The first-order valence-electron chi connectivity index (χ1n) is 9.20. The normalized spacial score (nSPS) is 10.8. The maximum Gasteiger partial charge on any atom is 0.269 e. The summed E-state index contributed by atoms with van der Waals surface area (Å²) < 4.78 is 19.3. The van der Waals surface area contributed by atoms with Crippen LogP contribution in [0.3, 0.4) is 0 Å². The number of halogens is 2. The molecule has 1 N–H and O–H groups in total. The lowest BCUT2D eigenvalue weighted by Gasteiger charge is -2.09. The van der Waals surface area contributed by atoms with Crippen molar-refractivity contribution in [3.8, 4) is 11.8 Å². The fraction of sp³-hybridized carbons (Fsp3) is 0.0435. The Bertz CT molecular complexity index is 1220. The Kier molecular flexibility index (Phi) is 7.31. The lowest BCUT2D eigenvalue weighted by atomic mass is 10.1. The molecular weight excluding hydrogens is 481 g/mol. The number of nitro groups is 1. The molecule has 0 saturated heterocycles. The highest BCUT2D eigenvalue weighted by atomic mass is 79.9. The molecule has 0 aromatic heterocycles. The van der Waals surface area contributed by atoms with Gasteiger partial charge in [0.2, 0.25) is 0 Å². The van der Waals surface area contributed by atoms with Gasteiger partial charge in [-0.2, -0.15) is 5.26 Å². The van der Waals surface area contributed by atoms with Crippen LogP contribution in [0.4, 0.5) is 15.8 Å². The van der Waals surface area contributed by atoms with Crippen LogP contribution in [0, 0.1) is 27.3 Å². The maximum atomic E-state index is 13.0. The molecule has 9 heteroatoms. The van der Waals surface area contributed by atoms with E-state index >= 15 is 0 Å². The number of rotatable bonds is 7. The van der Waals surface area contributed by atoms with Gasteiger partial charge >= 0.3 is 0 Å². The van der Waals surface area contributed by atoms with Crippen molar-refractivity contribution >= 4 is 39.3 Å². The van der Waals surface area contributed by atoms with Crippen LogP contribution >= 0.6 is 15.9 Å². The molecule has 0 aliphatic carbocycles. The van der Waals surface area contributed by atoms with E-state index in [4.69, 9.17) is 4.74 Å². The summed E-state index contributed by atoms with van der Waals surface area (Å²) in [5.74, 6) is -0.525. The summed E-state index contributed by atoms with van der Waals surface area (Å²) in [5.41, 5.74) is 1.60. The number of carbonyl (C=O) groups is 1. The van der Waals surface area contributed by atoms with Crippen LogP contribution in [-0.4, -0.2) is 10.8 Å².